The van der Waals surface area contributed by atoms with Crippen LogP contribution in [0.25, 0.3) is 0 Å². The topological polar surface area (TPSA) is 132 Å². The van der Waals surface area contributed by atoms with Crippen molar-refractivity contribution in [2.45, 2.75) is 225 Å². The number of hydrogen-bond acceptors (Lipinski definition) is 8. The molecule has 0 rings (SSSR count). The molecule has 0 saturated heterocycles. The molecule has 0 spiro atoms. The lowest BCUT2D eigenvalue weighted by Gasteiger charge is -2.20. The number of unbranched alkanes of at least 4 members (excludes halogenated alkanes) is 25. The highest BCUT2D eigenvalue weighted by Gasteiger charge is 2.26. The fraction of sp³-hybridized carbons (Fsp3) is 0.851. The van der Waals surface area contributed by atoms with Crippen LogP contribution in [0.2, 0.25) is 0 Å². The number of esters is 1. The number of carbonyl (C=O) groups excluding carboxylic acids is 1. The van der Waals surface area contributed by atoms with E-state index >= 15 is 0 Å². The Morgan fingerprint density at radius 2 is 0.947 bits per heavy atom. The molecule has 9 nitrogen and oxygen atoms in total. The summed E-state index contributed by atoms with van der Waals surface area (Å²) in [6.07, 6.45) is 48.1. The summed E-state index contributed by atoms with van der Waals surface area (Å²) in [6.45, 7) is 3.49. The first-order chi connectivity index (χ1) is 27.8. The largest absolute Gasteiger partial charge is 0.472 e. The number of aliphatic hydroxyl groups is 2. The minimum absolute atomic E-state index is 0.0425. The minimum atomic E-state index is -4.52. The molecule has 0 radical (unpaired) electrons. The van der Waals surface area contributed by atoms with Gasteiger partial charge >= 0.3 is 13.8 Å². The van der Waals surface area contributed by atoms with Gasteiger partial charge in [0.15, 0.2) is 0 Å². The fourth-order valence-electron chi connectivity index (χ4n) is 6.44. The van der Waals surface area contributed by atoms with Gasteiger partial charge in [-0.25, -0.2) is 4.57 Å². The summed E-state index contributed by atoms with van der Waals surface area (Å²) in [5, 5.41) is 18.4. The fourth-order valence-corrected chi connectivity index (χ4v) is 7.23. The van der Waals surface area contributed by atoms with E-state index in [1.165, 1.54) is 141 Å². The highest BCUT2D eigenvalue weighted by atomic mass is 31.2. The number of hydrogen-bond donors (Lipinski definition) is 3. The average molecular weight is 829 g/mol. The Balaban J connectivity index is 4.14. The molecule has 0 aromatic carbocycles. The molecular formula is C47H89O9P. The van der Waals surface area contributed by atoms with E-state index in [9.17, 15) is 19.4 Å². The molecule has 0 heterocycles. The second-order valence-electron chi connectivity index (χ2n) is 15.8. The van der Waals surface area contributed by atoms with Crippen molar-refractivity contribution in [3.05, 3.63) is 36.5 Å². The SMILES string of the molecule is CCCCCC/C=C\C/C=C\CCCCCCCCOCC(COP(=O)(O)OCC(O)CO)OC(=O)CCCCCCCCCCC/C=C\CCCCCCCC. The molecule has 0 aliphatic carbocycles. The third-order valence-electron chi connectivity index (χ3n) is 10.0. The molecule has 0 bridgehead atoms. The Morgan fingerprint density at radius 1 is 0.544 bits per heavy atom. The van der Waals surface area contributed by atoms with Gasteiger partial charge in [-0.15, -0.1) is 0 Å². The first-order valence-electron chi connectivity index (χ1n) is 23.5. The molecule has 10 heteroatoms. The lowest BCUT2D eigenvalue weighted by atomic mass is 10.1. The molecule has 57 heavy (non-hydrogen) atoms. The van der Waals surface area contributed by atoms with Crippen LogP contribution >= 0.6 is 7.82 Å². The Kier molecular flexibility index (Phi) is 43.2. The maximum absolute atomic E-state index is 12.6. The van der Waals surface area contributed by atoms with Gasteiger partial charge in [0.25, 0.3) is 0 Å². The number of ether oxygens (including phenoxy) is 2. The number of phosphoric ester groups is 1. The van der Waals surface area contributed by atoms with Crippen molar-refractivity contribution in [3.63, 3.8) is 0 Å². The average Bonchev–Trinajstić information content (AvgIpc) is 3.20. The second kappa shape index (κ2) is 44.2. The van der Waals surface area contributed by atoms with E-state index in [0.29, 0.717) is 6.61 Å². The number of rotatable bonds is 45. The quantitative estimate of drug-likeness (QED) is 0.0237. The first kappa shape index (κ1) is 55.7. The molecule has 0 aromatic heterocycles. The first-order valence-corrected chi connectivity index (χ1v) is 25.0. The van der Waals surface area contributed by atoms with Crippen LogP contribution in [0.1, 0.15) is 213 Å². The molecular weight excluding hydrogens is 739 g/mol. The van der Waals surface area contributed by atoms with Crippen LogP contribution < -0.4 is 0 Å². The standard InChI is InChI=1S/C47H89O9P/c1-3-5-7-9-11-13-15-17-19-21-22-23-25-27-29-31-33-35-37-39-47(50)56-46(44-55-57(51,52)54-42-45(49)41-48)43-53-40-38-36-34-32-30-28-26-24-20-18-16-14-12-10-8-6-4-2/h14,16-17,19-20,24,45-46,48-49H,3-13,15,18,21-23,25-44H2,1-2H3,(H,51,52)/b16-14-,19-17-,24-20-. The zero-order valence-electron chi connectivity index (χ0n) is 36.8. The van der Waals surface area contributed by atoms with Crippen molar-refractivity contribution in [1.82, 2.24) is 0 Å². The van der Waals surface area contributed by atoms with Gasteiger partial charge in [-0.3, -0.25) is 13.8 Å². The molecule has 0 aromatic rings. The summed E-state index contributed by atoms with van der Waals surface area (Å²) in [4.78, 5) is 22.6. The zero-order chi connectivity index (χ0) is 41.8. The van der Waals surface area contributed by atoms with E-state index in [0.717, 1.165) is 51.4 Å². The van der Waals surface area contributed by atoms with Crippen molar-refractivity contribution in [3.8, 4) is 0 Å². The van der Waals surface area contributed by atoms with Crippen molar-refractivity contribution in [1.29, 1.82) is 0 Å². The van der Waals surface area contributed by atoms with E-state index in [1.54, 1.807) is 0 Å². The van der Waals surface area contributed by atoms with Crippen molar-refractivity contribution < 1.29 is 43.0 Å². The third-order valence-corrected chi connectivity index (χ3v) is 11.0. The van der Waals surface area contributed by atoms with E-state index in [4.69, 9.17) is 23.6 Å². The minimum Gasteiger partial charge on any atom is -0.457 e. The summed E-state index contributed by atoms with van der Waals surface area (Å²) in [6, 6.07) is 0. The van der Waals surface area contributed by atoms with Crippen LogP contribution in [-0.4, -0.2) is 66.3 Å². The lowest BCUT2D eigenvalue weighted by molar-refractivity contribution is -0.154. The van der Waals surface area contributed by atoms with Gasteiger partial charge in [0.1, 0.15) is 12.2 Å². The van der Waals surface area contributed by atoms with Gasteiger partial charge in [0.2, 0.25) is 0 Å². The van der Waals surface area contributed by atoms with Crippen molar-refractivity contribution in [2.75, 3.05) is 33.0 Å². The number of carbonyl (C=O) groups is 1. The second-order valence-corrected chi connectivity index (χ2v) is 17.2. The van der Waals surface area contributed by atoms with Gasteiger partial charge in [-0.2, -0.15) is 0 Å². The van der Waals surface area contributed by atoms with Crippen molar-refractivity contribution in [2.24, 2.45) is 0 Å². The monoisotopic (exact) mass is 829 g/mol. The van der Waals surface area contributed by atoms with E-state index in [1.807, 2.05) is 0 Å². The highest BCUT2D eigenvalue weighted by molar-refractivity contribution is 7.47. The van der Waals surface area contributed by atoms with Gasteiger partial charge < -0.3 is 24.6 Å². The molecule has 3 unspecified atom stereocenters. The van der Waals surface area contributed by atoms with Crippen LogP contribution in [0.5, 0.6) is 0 Å². The molecule has 336 valence electrons. The third kappa shape index (κ3) is 44.1. The highest BCUT2D eigenvalue weighted by Crippen LogP contribution is 2.43. The maximum Gasteiger partial charge on any atom is 0.472 e. The predicted octanol–water partition coefficient (Wildman–Crippen LogP) is 13.2. The van der Waals surface area contributed by atoms with Crippen molar-refractivity contribution >= 4 is 13.8 Å². The molecule has 0 saturated carbocycles. The Labute approximate surface area is 350 Å². The van der Waals surface area contributed by atoms with Gasteiger partial charge in [-0.05, 0) is 70.6 Å². The molecule has 0 aliphatic rings. The number of phosphoric acid groups is 1. The smallest absolute Gasteiger partial charge is 0.457 e. The zero-order valence-corrected chi connectivity index (χ0v) is 37.7. The van der Waals surface area contributed by atoms with Crippen LogP contribution in [-0.2, 0) is 27.9 Å². The van der Waals surface area contributed by atoms with E-state index < -0.39 is 33.2 Å². The molecule has 3 N–H and O–H groups in total. The predicted molar refractivity (Wildman–Crippen MR) is 237 cm³/mol. The molecule has 0 amide bonds. The number of allylic oxidation sites excluding steroid dienone is 6. The van der Waals surface area contributed by atoms with E-state index in [2.05, 4.69) is 50.3 Å². The lowest BCUT2D eigenvalue weighted by Crippen LogP contribution is -2.29. The van der Waals surface area contributed by atoms with Gasteiger partial charge in [0, 0.05) is 13.0 Å². The van der Waals surface area contributed by atoms with Gasteiger partial charge in [-0.1, -0.05) is 172 Å². The summed E-state index contributed by atoms with van der Waals surface area (Å²) in [5.41, 5.74) is 0. The maximum atomic E-state index is 12.6. The summed E-state index contributed by atoms with van der Waals surface area (Å²) >= 11 is 0. The normalized spacial score (nSPS) is 14.3. The van der Waals surface area contributed by atoms with Crippen LogP contribution in [0, 0.1) is 0 Å². The number of aliphatic hydroxyl groups excluding tert-OH is 2. The Bertz CT molecular complexity index is 986. The van der Waals surface area contributed by atoms with Gasteiger partial charge in [0.05, 0.1) is 26.4 Å². The Morgan fingerprint density at radius 3 is 1.44 bits per heavy atom. The Hall–Kier alpha value is -1.32. The molecule has 3 atom stereocenters. The molecule has 0 aliphatic heterocycles. The summed E-state index contributed by atoms with van der Waals surface area (Å²) in [5.74, 6) is -0.387. The van der Waals surface area contributed by atoms with E-state index in [-0.39, 0.29) is 25.6 Å². The summed E-state index contributed by atoms with van der Waals surface area (Å²) in [7, 11) is -4.52. The molecule has 0 fully saturated rings. The van der Waals surface area contributed by atoms with Crippen LogP contribution in [0.3, 0.4) is 0 Å². The van der Waals surface area contributed by atoms with Crippen LogP contribution in [0.15, 0.2) is 36.5 Å². The van der Waals surface area contributed by atoms with Crippen LogP contribution in [0.4, 0.5) is 0 Å². The summed E-state index contributed by atoms with van der Waals surface area (Å²) < 4.78 is 33.4.